The van der Waals surface area contributed by atoms with Gasteiger partial charge in [-0.1, -0.05) is 259 Å². The minimum absolute atomic E-state index is 0.0982. The van der Waals surface area contributed by atoms with Gasteiger partial charge in [0.15, 0.2) is 6.10 Å². The number of unbranched alkanes of at least 4 members (excludes halogenated alkanes) is 29. The number of hydrogen-bond acceptors (Lipinski definition) is 6. The SMILES string of the molecule is CC/C=C\C/C=C\C/C=C\C/C=C\CCCCC(=O)OC(COC(=O)CCCCCCC/C=C\C/C=C\CCCC)COC(=O)CCCCCCCCCCCCCCCCC/C=C\C/C=C\CCCCCCC. The Morgan fingerprint density at radius 3 is 0.892 bits per heavy atom. The Bertz CT molecular complexity index is 1460. The summed E-state index contributed by atoms with van der Waals surface area (Å²) >= 11 is 0. The fourth-order valence-electron chi connectivity index (χ4n) is 8.60. The van der Waals surface area contributed by atoms with Crippen molar-refractivity contribution < 1.29 is 28.6 Å². The molecule has 0 rings (SSSR count). The van der Waals surface area contributed by atoms with E-state index in [1.807, 2.05) is 0 Å². The molecule has 0 aliphatic carbocycles. The molecular formula is C68H116O6. The maximum atomic E-state index is 12.8. The first-order valence-corrected chi connectivity index (χ1v) is 31.2. The largest absolute Gasteiger partial charge is 0.462 e. The summed E-state index contributed by atoms with van der Waals surface area (Å²) in [5.41, 5.74) is 0. The summed E-state index contributed by atoms with van der Waals surface area (Å²) in [6.45, 7) is 6.44. The summed E-state index contributed by atoms with van der Waals surface area (Å²) in [6.07, 6.45) is 82.8. The minimum Gasteiger partial charge on any atom is -0.462 e. The summed E-state index contributed by atoms with van der Waals surface area (Å²) in [5, 5.41) is 0. The van der Waals surface area contributed by atoms with Crippen LogP contribution in [0.15, 0.2) is 97.2 Å². The molecule has 0 aromatic heterocycles. The quantitative estimate of drug-likeness (QED) is 0.0261. The van der Waals surface area contributed by atoms with E-state index in [1.54, 1.807) is 0 Å². The monoisotopic (exact) mass is 1030 g/mol. The van der Waals surface area contributed by atoms with Gasteiger partial charge in [-0.3, -0.25) is 14.4 Å². The van der Waals surface area contributed by atoms with Crippen LogP contribution in [-0.4, -0.2) is 37.2 Å². The van der Waals surface area contributed by atoms with Crippen molar-refractivity contribution in [2.75, 3.05) is 13.2 Å². The zero-order chi connectivity index (χ0) is 53.6. The summed E-state index contributed by atoms with van der Waals surface area (Å²) in [5.74, 6) is -0.949. The lowest BCUT2D eigenvalue weighted by molar-refractivity contribution is -0.167. The molecule has 1 atom stereocenters. The van der Waals surface area contributed by atoms with E-state index in [0.717, 1.165) is 109 Å². The highest BCUT2D eigenvalue weighted by molar-refractivity contribution is 5.71. The zero-order valence-electron chi connectivity index (χ0n) is 48.6. The number of carbonyl (C=O) groups excluding carboxylic acids is 3. The molecule has 0 saturated carbocycles. The lowest BCUT2D eigenvalue weighted by Gasteiger charge is -2.18. The molecule has 0 amide bonds. The summed E-state index contributed by atoms with van der Waals surface area (Å²) in [7, 11) is 0. The molecule has 0 aliphatic rings. The van der Waals surface area contributed by atoms with Crippen LogP contribution >= 0.6 is 0 Å². The Morgan fingerprint density at radius 1 is 0.284 bits per heavy atom. The highest BCUT2D eigenvalue weighted by Gasteiger charge is 2.19. The van der Waals surface area contributed by atoms with Gasteiger partial charge >= 0.3 is 17.9 Å². The smallest absolute Gasteiger partial charge is 0.306 e. The third-order valence-corrected chi connectivity index (χ3v) is 13.3. The molecule has 0 bridgehead atoms. The molecule has 1 unspecified atom stereocenters. The number of ether oxygens (including phenoxy) is 3. The van der Waals surface area contributed by atoms with E-state index in [-0.39, 0.29) is 37.5 Å². The molecule has 6 nitrogen and oxygen atoms in total. The van der Waals surface area contributed by atoms with E-state index in [0.29, 0.717) is 19.3 Å². The van der Waals surface area contributed by atoms with Crippen molar-refractivity contribution in [1.29, 1.82) is 0 Å². The van der Waals surface area contributed by atoms with Crippen molar-refractivity contribution in [3.05, 3.63) is 97.2 Å². The molecule has 0 aliphatic heterocycles. The summed E-state index contributed by atoms with van der Waals surface area (Å²) in [6, 6.07) is 0. The molecule has 0 fully saturated rings. The first kappa shape index (κ1) is 70.3. The third kappa shape index (κ3) is 59.2. The third-order valence-electron chi connectivity index (χ3n) is 13.3. The average molecular weight is 1030 g/mol. The minimum atomic E-state index is -0.806. The number of hydrogen-bond donors (Lipinski definition) is 0. The van der Waals surface area contributed by atoms with Crippen LogP contribution in [0.4, 0.5) is 0 Å². The topological polar surface area (TPSA) is 78.9 Å². The van der Waals surface area contributed by atoms with Crippen molar-refractivity contribution in [2.45, 2.75) is 303 Å². The summed E-state index contributed by atoms with van der Waals surface area (Å²) in [4.78, 5) is 38.2. The number of esters is 3. The number of carbonyl (C=O) groups is 3. The van der Waals surface area contributed by atoms with Gasteiger partial charge < -0.3 is 14.2 Å². The number of rotatable bonds is 56. The lowest BCUT2D eigenvalue weighted by atomic mass is 10.0. The fraction of sp³-hybridized carbons (Fsp3) is 0.721. The zero-order valence-corrected chi connectivity index (χ0v) is 48.6. The van der Waals surface area contributed by atoms with Crippen LogP contribution in [-0.2, 0) is 28.6 Å². The Labute approximate surface area is 457 Å². The van der Waals surface area contributed by atoms with Crippen LogP contribution in [0.2, 0.25) is 0 Å². The van der Waals surface area contributed by atoms with Crippen molar-refractivity contribution in [3.63, 3.8) is 0 Å². The van der Waals surface area contributed by atoms with E-state index in [4.69, 9.17) is 14.2 Å². The van der Waals surface area contributed by atoms with Gasteiger partial charge in [-0.2, -0.15) is 0 Å². The second-order valence-corrected chi connectivity index (χ2v) is 20.6. The standard InChI is InChI=1S/C68H116O6/c1-4-7-10-13-16-19-22-25-28-29-30-31-32-33-34-35-36-37-38-39-41-43-46-49-52-55-58-61-67(70)73-64-65(63-72-66(69)60-57-54-51-48-45-42-27-24-21-18-15-12-9-6-3)74-68(71)62-59-56-53-50-47-44-40-26-23-20-17-14-11-8-5-2/h8,11,15,17-18,20,22,24-27,29-30,40,47,50,65H,4-7,9-10,12-14,16,19,21,23,28,31-39,41-46,48-49,51-64H2,1-3H3/b11-8-,18-15-,20-17-,25-22-,27-24-,30-29-,40-26-,50-47-. The van der Waals surface area contributed by atoms with Gasteiger partial charge in [-0.25, -0.2) is 0 Å². The first-order chi connectivity index (χ1) is 36.5. The summed E-state index contributed by atoms with van der Waals surface area (Å²) < 4.78 is 16.8. The Kier molecular flexibility index (Phi) is 58.8. The van der Waals surface area contributed by atoms with E-state index in [2.05, 4.69) is 118 Å². The van der Waals surface area contributed by atoms with Crippen LogP contribution in [0, 0.1) is 0 Å². The molecule has 0 heterocycles. The Morgan fingerprint density at radius 2 is 0.541 bits per heavy atom. The molecule has 0 radical (unpaired) electrons. The predicted molar refractivity (Wildman–Crippen MR) is 320 cm³/mol. The molecular weight excluding hydrogens is 913 g/mol. The van der Waals surface area contributed by atoms with Crippen molar-refractivity contribution >= 4 is 17.9 Å². The first-order valence-electron chi connectivity index (χ1n) is 31.2. The lowest BCUT2D eigenvalue weighted by Crippen LogP contribution is -2.30. The van der Waals surface area contributed by atoms with Gasteiger partial charge in [0.1, 0.15) is 13.2 Å². The molecule has 0 N–H and O–H groups in total. The maximum absolute atomic E-state index is 12.8. The molecule has 6 heteroatoms. The van der Waals surface area contributed by atoms with E-state index < -0.39 is 6.10 Å². The fourth-order valence-corrected chi connectivity index (χ4v) is 8.60. The van der Waals surface area contributed by atoms with Gasteiger partial charge in [0.25, 0.3) is 0 Å². The second-order valence-electron chi connectivity index (χ2n) is 20.6. The van der Waals surface area contributed by atoms with E-state index >= 15 is 0 Å². The van der Waals surface area contributed by atoms with Gasteiger partial charge in [-0.15, -0.1) is 0 Å². The van der Waals surface area contributed by atoms with Crippen molar-refractivity contribution in [1.82, 2.24) is 0 Å². The maximum Gasteiger partial charge on any atom is 0.306 e. The van der Waals surface area contributed by atoms with Gasteiger partial charge in [0.2, 0.25) is 0 Å². The van der Waals surface area contributed by atoms with Crippen LogP contribution in [0.1, 0.15) is 297 Å². The Hall–Kier alpha value is -3.67. The van der Waals surface area contributed by atoms with E-state index in [9.17, 15) is 14.4 Å². The molecule has 0 spiro atoms. The van der Waals surface area contributed by atoms with Gasteiger partial charge in [0, 0.05) is 19.3 Å². The highest BCUT2D eigenvalue weighted by atomic mass is 16.6. The van der Waals surface area contributed by atoms with Crippen LogP contribution in [0.3, 0.4) is 0 Å². The molecule has 0 saturated heterocycles. The molecule has 424 valence electrons. The molecule has 0 aromatic carbocycles. The average Bonchev–Trinajstić information content (AvgIpc) is 3.40. The van der Waals surface area contributed by atoms with Crippen molar-refractivity contribution in [3.8, 4) is 0 Å². The van der Waals surface area contributed by atoms with Crippen LogP contribution in [0.5, 0.6) is 0 Å². The predicted octanol–water partition coefficient (Wildman–Crippen LogP) is 21.3. The number of allylic oxidation sites excluding steroid dienone is 16. The van der Waals surface area contributed by atoms with E-state index in [1.165, 1.54) is 141 Å². The second kappa shape index (κ2) is 61.9. The Balaban J connectivity index is 4.30. The van der Waals surface area contributed by atoms with Gasteiger partial charge in [0.05, 0.1) is 0 Å². The van der Waals surface area contributed by atoms with Gasteiger partial charge in [-0.05, 0) is 116 Å². The highest BCUT2D eigenvalue weighted by Crippen LogP contribution is 2.16. The molecule has 74 heavy (non-hydrogen) atoms. The van der Waals surface area contributed by atoms with Crippen molar-refractivity contribution in [2.24, 2.45) is 0 Å². The molecule has 0 aromatic rings. The van der Waals surface area contributed by atoms with Crippen LogP contribution < -0.4 is 0 Å². The normalized spacial score (nSPS) is 12.7. The van der Waals surface area contributed by atoms with Crippen LogP contribution in [0.25, 0.3) is 0 Å².